The Balaban J connectivity index is 2.99. The molecule has 0 aliphatic heterocycles. The van der Waals surface area contributed by atoms with Gasteiger partial charge in [-0.1, -0.05) is 13.8 Å². The molecule has 0 fully saturated rings. The highest BCUT2D eigenvalue weighted by molar-refractivity contribution is 9.10. The molecule has 0 aliphatic carbocycles. The molecule has 0 saturated heterocycles. The summed E-state index contributed by atoms with van der Waals surface area (Å²) in [6, 6.07) is 3.39. The van der Waals surface area contributed by atoms with Crippen molar-refractivity contribution in [1.82, 2.24) is 4.90 Å². The van der Waals surface area contributed by atoms with Crippen LogP contribution in [0.5, 0.6) is 0 Å². The molecule has 0 aromatic heterocycles. The van der Waals surface area contributed by atoms with Crippen LogP contribution in [0, 0.1) is 11.7 Å². The minimum absolute atomic E-state index is 0.0168. The van der Waals surface area contributed by atoms with Gasteiger partial charge in [-0.25, -0.2) is 4.39 Å². The van der Waals surface area contributed by atoms with Crippen molar-refractivity contribution >= 4 is 21.8 Å². The number of hydrogen-bond acceptors (Lipinski definition) is 1. The number of carbonyl (C=O) groups excluding carboxylic acids is 1. The Morgan fingerprint density at radius 1 is 1.35 bits per heavy atom. The van der Waals surface area contributed by atoms with E-state index < -0.39 is 24.4 Å². The maximum Gasteiger partial charge on any atom is 0.406 e. The third-order valence-corrected chi connectivity index (χ3v) is 3.02. The predicted octanol–water partition coefficient (Wildman–Crippen LogP) is 4.25. The zero-order valence-corrected chi connectivity index (χ0v) is 12.6. The minimum atomic E-state index is -4.47. The first-order chi connectivity index (χ1) is 9.10. The third-order valence-electron chi connectivity index (χ3n) is 2.41. The smallest absolute Gasteiger partial charge is 0.329 e. The molecular formula is C13H14BrF4NO. The monoisotopic (exact) mass is 355 g/mol. The van der Waals surface area contributed by atoms with Crippen LogP contribution in [0.2, 0.25) is 0 Å². The number of carbonyl (C=O) groups is 1. The maximum absolute atomic E-state index is 13.1. The van der Waals surface area contributed by atoms with Gasteiger partial charge in [0.05, 0.1) is 4.47 Å². The Morgan fingerprint density at radius 3 is 2.40 bits per heavy atom. The molecule has 7 heteroatoms. The first kappa shape index (κ1) is 16.9. The van der Waals surface area contributed by atoms with Crippen molar-refractivity contribution in [2.24, 2.45) is 5.92 Å². The van der Waals surface area contributed by atoms with Gasteiger partial charge in [0.2, 0.25) is 0 Å². The van der Waals surface area contributed by atoms with Crippen LogP contribution >= 0.6 is 15.9 Å². The molecule has 0 heterocycles. The van der Waals surface area contributed by atoms with Gasteiger partial charge in [-0.05, 0) is 40.0 Å². The lowest BCUT2D eigenvalue weighted by molar-refractivity contribution is -0.141. The summed E-state index contributed by atoms with van der Waals surface area (Å²) in [5.41, 5.74) is 0.0168. The van der Waals surface area contributed by atoms with E-state index in [0.717, 1.165) is 11.0 Å². The molecule has 1 amide bonds. The second kappa shape index (κ2) is 6.56. The molecule has 0 spiro atoms. The summed E-state index contributed by atoms with van der Waals surface area (Å²) in [5, 5.41) is 0. The van der Waals surface area contributed by atoms with Crippen molar-refractivity contribution < 1.29 is 22.4 Å². The van der Waals surface area contributed by atoms with Gasteiger partial charge < -0.3 is 4.90 Å². The number of halogens is 5. The molecule has 1 aromatic rings. The average Bonchev–Trinajstić information content (AvgIpc) is 2.28. The Hall–Kier alpha value is -1.11. The normalized spacial score (nSPS) is 11.8. The highest BCUT2D eigenvalue weighted by Gasteiger charge is 2.33. The van der Waals surface area contributed by atoms with Gasteiger partial charge >= 0.3 is 6.18 Å². The highest BCUT2D eigenvalue weighted by Crippen LogP contribution is 2.21. The number of benzene rings is 1. The van der Waals surface area contributed by atoms with Crippen molar-refractivity contribution in [3.63, 3.8) is 0 Å². The largest absolute Gasteiger partial charge is 0.406 e. The Kier molecular flexibility index (Phi) is 5.56. The van der Waals surface area contributed by atoms with Crippen LogP contribution in [-0.2, 0) is 0 Å². The molecule has 0 aliphatic rings. The number of alkyl halides is 3. The van der Waals surface area contributed by atoms with Gasteiger partial charge in [0, 0.05) is 12.1 Å². The zero-order chi connectivity index (χ0) is 15.5. The molecule has 0 unspecified atom stereocenters. The summed E-state index contributed by atoms with van der Waals surface area (Å²) in [6.07, 6.45) is -4.47. The van der Waals surface area contributed by atoms with Crippen LogP contribution in [0.4, 0.5) is 17.6 Å². The van der Waals surface area contributed by atoms with Crippen LogP contribution in [0.3, 0.4) is 0 Å². The standard InChI is InChI=1S/C13H14BrF4NO/c1-8(2)6-19(7-13(16,17)18)12(20)9-3-4-11(15)10(14)5-9/h3-5,8H,6-7H2,1-2H3. The lowest BCUT2D eigenvalue weighted by Crippen LogP contribution is -2.41. The topological polar surface area (TPSA) is 20.3 Å². The molecule has 20 heavy (non-hydrogen) atoms. The van der Waals surface area contributed by atoms with Gasteiger partial charge in [-0.15, -0.1) is 0 Å². The van der Waals surface area contributed by atoms with Crippen LogP contribution in [0.1, 0.15) is 24.2 Å². The first-order valence-corrected chi connectivity index (χ1v) is 6.70. The molecular weight excluding hydrogens is 342 g/mol. The molecule has 1 rings (SSSR count). The van der Waals surface area contributed by atoms with Crippen molar-refractivity contribution in [1.29, 1.82) is 0 Å². The second-order valence-electron chi connectivity index (χ2n) is 4.82. The summed E-state index contributed by atoms with van der Waals surface area (Å²) < 4.78 is 50.7. The number of nitrogens with zero attached hydrogens (tertiary/aromatic N) is 1. The number of amides is 1. The minimum Gasteiger partial charge on any atom is -0.329 e. The van der Waals surface area contributed by atoms with Crippen LogP contribution in [0.15, 0.2) is 22.7 Å². The molecule has 0 atom stereocenters. The third kappa shape index (κ3) is 5.11. The molecule has 0 radical (unpaired) electrons. The SMILES string of the molecule is CC(C)CN(CC(F)(F)F)C(=O)c1ccc(F)c(Br)c1. The van der Waals surface area contributed by atoms with E-state index >= 15 is 0 Å². The first-order valence-electron chi connectivity index (χ1n) is 5.91. The van der Waals surface area contributed by atoms with E-state index in [-0.39, 0.29) is 22.5 Å². The predicted molar refractivity (Wildman–Crippen MR) is 70.9 cm³/mol. The average molecular weight is 356 g/mol. The maximum atomic E-state index is 13.1. The molecule has 0 N–H and O–H groups in total. The van der Waals surface area contributed by atoms with Gasteiger partial charge in [0.1, 0.15) is 12.4 Å². The van der Waals surface area contributed by atoms with Crippen LogP contribution in [0.25, 0.3) is 0 Å². The van der Waals surface area contributed by atoms with Gasteiger partial charge in [-0.3, -0.25) is 4.79 Å². The lowest BCUT2D eigenvalue weighted by Gasteiger charge is -2.25. The van der Waals surface area contributed by atoms with Crippen molar-refractivity contribution in [2.75, 3.05) is 13.1 Å². The lowest BCUT2D eigenvalue weighted by atomic mass is 10.1. The van der Waals surface area contributed by atoms with E-state index in [1.165, 1.54) is 12.1 Å². The highest BCUT2D eigenvalue weighted by atomic mass is 79.9. The van der Waals surface area contributed by atoms with Gasteiger partial charge in [0.15, 0.2) is 0 Å². The van der Waals surface area contributed by atoms with Gasteiger partial charge in [0.25, 0.3) is 5.91 Å². The fourth-order valence-corrected chi connectivity index (χ4v) is 2.07. The van der Waals surface area contributed by atoms with Crippen molar-refractivity contribution in [3.05, 3.63) is 34.1 Å². The van der Waals surface area contributed by atoms with E-state index in [1.807, 2.05) is 0 Å². The molecule has 2 nitrogen and oxygen atoms in total. The summed E-state index contributed by atoms with van der Waals surface area (Å²) in [6.45, 7) is 2.10. The van der Waals surface area contributed by atoms with E-state index in [4.69, 9.17) is 0 Å². The number of rotatable bonds is 4. The molecule has 0 bridgehead atoms. The van der Waals surface area contributed by atoms with Crippen LogP contribution in [-0.4, -0.2) is 30.1 Å². The summed E-state index contributed by atoms with van der Waals surface area (Å²) in [5.74, 6) is -1.45. The summed E-state index contributed by atoms with van der Waals surface area (Å²) in [4.78, 5) is 12.8. The Morgan fingerprint density at radius 2 is 1.95 bits per heavy atom. The van der Waals surface area contributed by atoms with Crippen molar-refractivity contribution in [2.45, 2.75) is 20.0 Å². The van der Waals surface area contributed by atoms with E-state index in [9.17, 15) is 22.4 Å². The van der Waals surface area contributed by atoms with E-state index in [1.54, 1.807) is 13.8 Å². The molecule has 1 aromatic carbocycles. The summed E-state index contributed by atoms with van der Waals surface area (Å²) in [7, 11) is 0. The molecule has 0 saturated carbocycles. The fraction of sp³-hybridized carbons (Fsp3) is 0.462. The van der Waals surface area contributed by atoms with Crippen molar-refractivity contribution in [3.8, 4) is 0 Å². The van der Waals surface area contributed by atoms with Gasteiger partial charge in [-0.2, -0.15) is 13.2 Å². The fourth-order valence-electron chi connectivity index (χ4n) is 1.69. The van der Waals surface area contributed by atoms with Crippen LogP contribution < -0.4 is 0 Å². The molecule has 112 valence electrons. The number of hydrogen-bond donors (Lipinski definition) is 0. The summed E-state index contributed by atoms with van der Waals surface area (Å²) >= 11 is 2.91. The van der Waals surface area contributed by atoms with E-state index in [0.29, 0.717) is 0 Å². The second-order valence-corrected chi connectivity index (χ2v) is 5.68. The Labute approximate surface area is 122 Å². The quantitative estimate of drug-likeness (QED) is 0.739. The Bertz CT molecular complexity index is 488. The van der Waals surface area contributed by atoms with E-state index in [2.05, 4.69) is 15.9 Å². The zero-order valence-electron chi connectivity index (χ0n) is 11.0.